The Hall–Kier alpha value is -2.40. The maximum absolute atomic E-state index is 12.0. The normalized spacial score (nSPS) is 10.7. The van der Waals surface area contributed by atoms with Crippen molar-refractivity contribution in [1.29, 1.82) is 5.26 Å². The van der Waals surface area contributed by atoms with Gasteiger partial charge >= 0.3 is 5.69 Å². The van der Waals surface area contributed by atoms with Crippen LogP contribution in [0, 0.1) is 11.3 Å². The number of thiazole rings is 1. The van der Waals surface area contributed by atoms with Crippen LogP contribution in [-0.4, -0.2) is 14.1 Å². The number of hydrogen-bond acceptors (Lipinski definition) is 6. The third kappa shape index (κ3) is 2.80. The van der Waals surface area contributed by atoms with E-state index in [2.05, 4.69) is 24.1 Å². The third-order valence-corrected chi connectivity index (χ3v) is 4.47. The summed E-state index contributed by atoms with van der Waals surface area (Å²) in [5.41, 5.74) is -0.350. The lowest BCUT2D eigenvalue weighted by molar-refractivity contribution is 0.684. The van der Waals surface area contributed by atoms with E-state index in [1.165, 1.54) is 18.7 Å². The molecule has 1 N–H and O–H groups in total. The van der Waals surface area contributed by atoms with Crippen molar-refractivity contribution < 1.29 is 0 Å². The maximum atomic E-state index is 12.0. The van der Waals surface area contributed by atoms with Crippen molar-refractivity contribution in [3.63, 3.8) is 0 Å². The van der Waals surface area contributed by atoms with Crippen molar-refractivity contribution in [1.82, 2.24) is 14.1 Å². The highest BCUT2D eigenvalue weighted by atomic mass is 32.1. The largest absolute Gasteiger partial charge is 0.364 e. The van der Waals surface area contributed by atoms with Gasteiger partial charge in [0.2, 0.25) is 0 Å². The zero-order valence-corrected chi connectivity index (χ0v) is 13.7. The SMILES string of the molecule is CC(C)c1nc(CNc2c(C#N)c(=O)n(C)c(=O)n2C)cs1. The standard InChI is InChI=1S/C14H17N5O2S/c1-8(2)12-17-9(7-22-12)6-16-11-10(5-15)13(20)19(4)14(21)18(11)3/h7-8,16H,6H2,1-4H3. The Kier molecular flexibility index (Phi) is 4.47. The zero-order chi connectivity index (χ0) is 16.4. The molecule has 0 amide bonds. The van der Waals surface area contributed by atoms with Crippen LogP contribution < -0.4 is 16.6 Å². The fourth-order valence-corrected chi connectivity index (χ4v) is 2.83. The molecule has 0 radical (unpaired) electrons. The molecule has 0 saturated heterocycles. The fourth-order valence-electron chi connectivity index (χ4n) is 2.00. The van der Waals surface area contributed by atoms with Crippen molar-refractivity contribution in [2.75, 3.05) is 5.32 Å². The van der Waals surface area contributed by atoms with Crippen LogP contribution in [0.5, 0.6) is 0 Å². The van der Waals surface area contributed by atoms with Gasteiger partial charge in [0, 0.05) is 25.4 Å². The molecule has 0 aliphatic carbocycles. The summed E-state index contributed by atoms with van der Waals surface area (Å²) in [6, 6.07) is 1.86. The highest BCUT2D eigenvalue weighted by Crippen LogP contribution is 2.19. The van der Waals surface area contributed by atoms with E-state index in [0.29, 0.717) is 12.5 Å². The minimum absolute atomic E-state index is 0.0797. The summed E-state index contributed by atoms with van der Waals surface area (Å²) in [4.78, 5) is 28.4. The Balaban J connectivity index is 2.36. The first-order valence-corrected chi connectivity index (χ1v) is 7.63. The molecule has 2 rings (SSSR count). The second-order valence-corrected chi connectivity index (χ2v) is 6.12. The van der Waals surface area contributed by atoms with E-state index < -0.39 is 11.2 Å². The molecule has 0 aromatic carbocycles. The predicted molar refractivity (Wildman–Crippen MR) is 85.2 cm³/mol. The summed E-state index contributed by atoms with van der Waals surface area (Å²) in [7, 11) is 2.87. The Bertz CT molecular complexity index is 854. The molecule has 2 aromatic rings. The lowest BCUT2D eigenvalue weighted by Gasteiger charge is -2.12. The second kappa shape index (κ2) is 6.15. The first-order valence-electron chi connectivity index (χ1n) is 6.75. The Morgan fingerprint density at radius 3 is 2.59 bits per heavy atom. The van der Waals surface area contributed by atoms with Gasteiger partial charge in [0.1, 0.15) is 11.9 Å². The Morgan fingerprint density at radius 1 is 1.36 bits per heavy atom. The minimum atomic E-state index is -0.603. The van der Waals surface area contributed by atoms with Crippen molar-refractivity contribution in [3.8, 4) is 6.07 Å². The molecule has 0 bridgehead atoms. The molecule has 116 valence electrons. The monoisotopic (exact) mass is 319 g/mol. The van der Waals surface area contributed by atoms with Gasteiger partial charge in [-0.1, -0.05) is 13.8 Å². The molecule has 8 heteroatoms. The van der Waals surface area contributed by atoms with Gasteiger partial charge in [-0.2, -0.15) is 5.26 Å². The van der Waals surface area contributed by atoms with Crippen LogP contribution in [0.4, 0.5) is 5.82 Å². The molecule has 7 nitrogen and oxygen atoms in total. The number of nitriles is 1. The number of hydrogen-bond donors (Lipinski definition) is 1. The van der Waals surface area contributed by atoms with Gasteiger partial charge in [-0.25, -0.2) is 9.78 Å². The van der Waals surface area contributed by atoms with Gasteiger partial charge in [-0.15, -0.1) is 11.3 Å². The lowest BCUT2D eigenvalue weighted by Crippen LogP contribution is -2.39. The van der Waals surface area contributed by atoms with Crippen molar-refractivity contribution in [2.24, 2.45) is 14.1 Å². The van der Waals surface area contributed by atoms with Crippen molar-refractivity contribution in [2.45, 2.75) is 26.3 Å². The summed E-state index contributed by atoms with van der Waals surface area (Å²) in [6.07, 6.45) is 0. The van der Waals surface area contributed by atoms with Gasteiger partial charge in [-0.05, 0) is 0 Å². The molecule has 2 heterocycles. The van der Waals surface area contributed by atoms with Gasteiger partial charge < -0.3 is 5.32 Å². The molecule has 0 saturated carbocycles. The van der Waals surface area contributed by atoms with Gasteiger partial charge in [0.25, 0.3) is 5.56 Å². The van der Waals surface area contributed by atoms with Crippen LogP contribution in [0.15, 0.2) is 15.0 Å². The first-order chi connectivity index (χ1) is 10.4. The van der Waals surface area contributed by atoms with E-state index in [-0.39, 0.29) is 11.4 Å². The molecule has 0 unspecified atom stereocenters. The summed E-state index contributed by atoms with van der Waals surface area (Å²) >= 11 is 1.57. The summed E-state index contributed by atoms with van der Waals surface area (Å²) in [6.45, 7) is 4.47. The van der Waals surface area contributed by atoms with Crippen LogP contribution in [0.25, 0.3) is 0 Å². The molecule has 0 spiro atoms. The van der Waals surface area contributed by atoms with Crippen LogP contribution in [0.1, 0.15) is 36.0 Å². The molecule has 0 aliphatic heterocycles. The molecule has 0 aliphatic rings. The molecule has 2 aromatic heterocycles. The summed E-state index contributed by atoms with van der Waals surface area (Å²) in [5.74, 6) is 0.566. The average Bonchev–Trinajstić information content (AvgIpc) is 2.96. The predicted octanol–water partition coefficient (Wildman–Crippen LogP) is 1.15. The van der Waals surface area contributed by atoms with Crippen molar-refractivity contribution >= 4 is 17.2 Å². The number of aromatic nitrogens is 3. The molecular weight excluding hydrogens is 302 g/mol. The Labute approximate surface area is 131 Å². The van der Waals surface area contributed by atoms with E-state index in [4.69, 9.17) is 0 Å². The number of nitrogens with zero attached hydrogens (tertiary/aromatic N) is 4. The highest BCUT2D eigenvalue weighted by molar-refractivity contribution is 7.09. The smallest absolute Gasteiger partial charge is 0.332 e. The molecule has 22 heavy (non-hydrogen) atoms. The van der Waals surface area contributed by atoms with Crippen LogP contribution in [0.3, 0.4) is 0 Å². The first kappa shape index (κ1) is 16.0. The third-order valence-electron chi connectivity index (χ3n) is 3.28. The summed E-state index contributed by atoms with van der Waals surface area (Å²) in [5, 5.41) is 15.1. The number of nitrogens with one attached hydrogen (secondary N) is 1. The van der Waals surface area contributed by atoms with E-state index >= 15 is 0 Å². The van der Waals surface area contributed by atoms with E-state index in [1.807, 2.05) is 11.4 Å². The molecule has 0 atom stereocenters. The average molecular weight is 319 g/mol. The highest BCUT2D eigenvalue weighted by Gasteiger charge is 2.15. The van der Waals surface area contributed by atoms with Gasteiger partial charge in [0.15, 0.2) is 5.56 Å². The number of rotatable bonds is 4. The quantitative estimate of drug-likeness (QED) is 0.912. The zero-order valence-electron chi connectivity index (χ0n) is 12.9. The molecular formula is C14H17N5O2S. The van der Waals surface area contributed by atoms with Crippen molar-refractivity contribution in [3.05, 3.63) is 42.5 Å². The Morgan fingerprint density at radius 2 is 2.05 bits per heavy atom. The van der Waals surface area contributed by atoms with Crippen LogP contribution >= 0.6 is 11.3 Å². The van der Waals surface area contributed by atoms with E-state index in [9.17, 15) is 14.9 Å². The fraction of sp³-hybridized carbons (Fsp3) is 0.429. The van der Waals surface area contributed by atoms with Gasteiger partial charge in [0.05, 0.1) is 17.2 Å². The van der Waals surface area contributed by atoms with Crippen LogP contribution in [-0.2, 0) is 20.6 Å². The topological polar surface area (TPSA) is 92.7 Å². The van der Waals surface area contributed by atoms with E-state index in [1.54, 1.807) is 11.3 Å². The van der Waals surface area contributed by atoms with Crippen LogP contribution in [0.2, 0.25) is 0 Å². The second-order valence-electron chi connectivity index (χ2n) is 5.23. The minimum Gasteiger partial charge on any atom is -0.364 e. The number of anilines is 1. The lowest BCUT2D eigenvalue weighted by atomic mass is 10.2. The van der Waals surface area contributed by atoms with Gasteiger partial charge in [-0.3, -0.25) is 13.9 Å². The maximum Gasteiger partial charge on any atom is 0.332 e. The summed E-state index contributed by atoms with van der Waals surface area (Å²) < 4.78 is 2.18. The van der Waals surface area contributed by atoms with E-state index in [0.717, 1.165) is 15.3 Å². The molecule has 0 fully saturated rings.